The van der Waals surface area contributed by atoms with Crippen LogP contribution in [0, 0.1) is 10.1 Å². The molecule has 0 saturated heterocycles. The van der Waals surface area contributed by atoms with Crippen LogP contribution in [0.3, 0.4) is 0 Å². The minimum absolute atomic E-state index is 0.0311. The molecule has 10 heteroatoms. The number of methoxy groups -OCH3 is 1. The van der Waals surface area contributed by atoms with E-state index >= 15 is 0 Å². The number of aromatic nitrogens is 2. The Morgan fingerprint density at radius 3 is 2.41 bits per heavy atom. The Labute approximate surface area is 154 Å². The predicted molar refractivity (Wildman–Crippen MR) is 98.6 cm³/mol. The number of fused-ring (bicyclic) bond motifs is 1. The summed E-state index contributed by atoms with van der Waals surface area (Å²) in [7, 11) is 6.40. The molecule has 0 aliphatic rings. The molecule has 0 N–H and O–H groups in total. The molecule has 0 aliphatic carbocycles. The number of esters is 1. The van der Waals surface area contributed by atoms with Gasteiger partial charge in [0.1, 0.15) is 5.69 Å². The lowest BCUT2D eigenvalue weighted by Crippen LogP contribution is -2.17. The third-order valence-corrected chi connectivity index (χ3v) is 4.17. The van der Waals surface area contributed by atoms with Crippen molar-refractivity contribution in [2.45, 2.75) is 0 Å². The van der Waals surface area contributed by atoms with Crippen molar-refractivity contribution in [3.05, 3.63) is 46.0 Å². The summed E-state index contributed by atoms with van der Waals surface area (Å²) in [6.45, 7) is 0. The maximum Gasteiger partial charge on any atom is 0.339 e. The summed E-state index contributed by atoms with van der Waals surface area (Å²) < 4.78 is 9.61. The quantitative estimate of drug-likeness (QED) is 0.379. The first-order chi connectivity index (χ1) is 12.9. The van der Waals surface area contributed by atoms with E-state index < -0.39 is 10.9 Å². The molecular weight excluding hydrogens is 354 g/mol. The Morgan fingerprint density at radius 2 is 1.78 bits per heavy atom. The highest BCUT2D eigenvalue weighted by atomic mass is 16.6. The molecule has 0 atom stereocenters. The lowest BCUT2D eigenvalue weighted by Gasteiger charge is -2.23. The van der Waals surface area contributed by atoms with Crippen LogP contribution in [0.4, 0.5) is 22.7 Å². The van der Waals surface area contributed by atoms with Crippen LogP contribution in [0.15, 0.2) is 35.0 Å². The number of ether oxygens (including phenoxy) is 1. The van der Waals surface area contributed by atoms with E-state index in [1.807, 2.05) is 0 Å². The number of hydrogen-bond donors (Lipinski definition) is 0. The molecule has 0 saturated carbocycles. The predicted octanol–water partition coefficient (Wildman–Crippen LogP) is 2.75. The highest BCUT2D eigenvalue weighted by Crippen LogP contribution is 2.41. The number of nitro benzene ring substituents is 1. The van der Waals surface area contributed by atoms with Crippen LogP contribution in [-0.2, 0) is 4.74 Å². The van der Waals surface area contributed by atoms with Gasteiger partial charge in [0.2, 0.25) is 5.52 Å². The summed E-state index contributed by atoms with van der Waals surface area (Å²) in [6, 6.07) is 8.47. The summed E-state index contributed by atoms with van der Waals surface area (Å²) in [6.07, 6.45) is 0. The van der Waals surface area contributed by atoms with E-state index in [2.05, 4.69) is 10.3 Å². The Bertz CT molecular complexity index is 1030. The third-order valence-electron chi connectivity index (χ3n) is 4.17. The van der Waals surface area contributed by atoms with Gasteiger partial charge in [0.15, 0.2) is 5.52 Å². The molecule has 3 aromatic rings. The van der Waals surface area contributed by atoms with Crippen LogP contribution in [0.2, 0.25) is 0 Å². The lowest BCUT2D eigenvalue weighted by atomic mass is 10.1. The Hall–Kier alpha value is -3.69. The van der Waals surface area contributed by atoms with E-state index in [9.17, 15) is 14.9 Å². The van der Waals surface area contributed by atoms with Crippen LogP contribution in [0.5, 0.6) is 0 Å². The molecule has 0 unspecified atom stereocenters. The van der Waals surface area contributed by atoms with Gasteiger partial charge in [0.05, 0.1) is 29.0 Å². The average molecular weight is 371 g/mol. The summed E-state index contributed by atoms with van der Waals surface area (Å²) in [5.74, 6) is -0.498. The second kappa shape index (κ2) is 6.90. The van der Waals surface area contributed by atoms with Crippen molar-refractivity contribution in [2.75, 3.05) is 38.1 Å². The Morgan fingerprint density at radius 1 is 1.11 bits per heavy atom. The number of nitro groups is 1. The zero-order chi connectivity index (χ0) is 19.7. The minimum Gasteiger partial charge on any atom is -0.465 e. The van der Waals surface area contributed by atoms with E-state index in [1.54, 1.807) is 61.3 Å². The fraction of sp³-hybridized carbons (Fsp3) is 0.235. The summed E-state index contributed by atoms with van der Waals surface area (Å²) in [5.41, 5.74) is 1.77. The monoisotopic (exact) mass is 371 g/mol. The summed E-state index contributed by atoms with van der Waals surface area (Å²) in [5, 5.41) is 19.1. The fourth-order valence-electron chi connectivity index (χ4n) is 2.85. The highest BCUT2D eigenvalue weighted by molar-refractivity contribution is 6.03. The summed E-state index contributed by atoms with van der Waals surface area (Å²) >= 11 is 0. The average Bonchev–Trinajstić information content (AvgIpc) is 3.14. The van der Waals surface area contributed by atoms with Crippen molar-refractivity contribution in [2.24, 2.45) is 0 Å². The van der Waals surface area contributed by atoms with Gasteiger partial charge in [0, 0.05) is 21.1 Å². The molecule has 0 amide bonds. The van der Waals surface area contributed by atoms with Gasteiger partial charge < -0.3 is 14.5 Å². The molecule has 0 fully saturated rings. The second-order valence-electron chi connectivity index (χ2n) is 5.94. The summed E-state index contributed by atoms with van der Waals surface area (Å²) in [4.78, 5) is 26.5. The number of benzene rings is 2. The maximum absolute atomic E-state index is 12.1. The number of nitrogens with zero attached hydrogens (tertiary/aromatic N) is 5. The first-order valence-electron chi connectivity index (χ1n) is 7.88. The largest absolute Gasteiger partial charge is 0.465 e. The smallest absolute Gasteiger partial charge is 0.339 e. The van der Waals surface area contributed by atoms with E-state index in [-0.39, 0.29) is 16.7 Å². The molecule has 27 heavy (non-hydrogen) atoms. The van der Waals surface area contributed by atoms with Crippen LogP contribution in [0.25, 0.3) is 11.0 Å². The number of carbonyl (C=O) groups excluding carboxylic acids is 1. The third kappa shape index (κ3) is 3.01. The number of rotatable bonds is 5. The number of hydrogen-bond acceptors (Lipinski definition) is 9. The second-order valence-corrected chi connectivity index (χ2v) is 5.94. The van der Waals surface area contributed by atoms with Gasteiger partial charge in [-0.05, 0) is 28.5 Å². The van der Waals surface area contributed by atoms with Crippen molar-refractivity contribution >= 4 is 39.8 Å². The van der Waals surface area contributed by atoms with Crippen molar-refractivity contribution in [1.82, 2.24) is 10.3 Å². The normalized spacial score (nSPS) is 10.7. The van der Waals surface area contributed by atoms with Gasteiger partial charge in [-0.3, -0.25) is 10.1 Å². The van der Waals surface area contributed by atoms with E-state index in [0.29, 0.717) is 22.6 Å². The van der Waals surface area contributed by atoms with E-state index in [4.69, 9.17) is 9.37 Å². The van der Waals surface area contributed by atoms with Gasteiger partial charge in [0.25, 0.3) is 0 Å². The standard InChI is InChI=1S/C17H17N5O5/c1-20(2)13-9-12(14-15(19-27-18-14)16(13)22(24)25)21(3)11-8-6-5-7-10(11)17(23)26-4/h5-9H,1-4H3. The van der Waals surface area contributed by atoms with Gasteiger partial charge in [-0.25, -0.2) is 9.42 Å². The molecule has 3 rings (SSSR count). The highest BCUT2D eigenvalue weighted by Gasteiger charge is 2.29. The molecular formula is C17H17N5O5. The van der Waals surface area contributed by atoms with Gasteiger partial charge in [-0.2, -0.15) is 0 Å². The molecule has 10 nitrogen and oxygen atoms in total. The maximum atomic E-state index is 12.1. The van der Waals surface area contributed by atoms with Gasteiger partial charge in [-0.15, -0.1) is 0 Å². The van der Waals surface area contributed by atoms with Gasteiger partial charge >= 0.3 is 11.7 Å². The van der Waals surface area contributed by atoms with Crippen molar-refractivity contribution in [3.63, 3.8) is 0 Å². The topological polar surface area (TPSA) is 115 Å². The SMILES string of the molecule is COC(=O)c1ccccc1N(C)c1cc(N(C)C)c([N+](=O)[O-])c2nonc12. The first-order valence-corrected chi connectivity index (χ1v) is 7.88. The van der Waals surface area contributed by atoms with Crippen molar-refractivity contribution < 1.29 is 19.1 Å². The number of carbonyl (C=O) groups is 1. The Balaban J connectivity index is 2.27. The zero-order valence-corrected chi connectivity index (χ0v) is 15.2. The number of anilines is 3. The molecule has 1 aromatic heterocycles. The molecule has 0 spiro atoms. The first kappa shape index (κ1) is 18.1. The molecule has 140 valence electrons. The minimum atomic E-state index is -0.520. The zero-order valence-electron chi connectivity index (χ0n) is 15.2. The van der Waals surface area contributed by atoms with Crippen molar-refractivity contribution in [1.29, 1.82) is 0 Å². The van der Waals surface area contributed by atoms with Crippen molar-refractivity contribution in [3.8, 4) is 0 Å². The van der Waals surface area contributed by atoms with E-state index in [1.165, 1.54) is 7.11 Å². The van der Waals surface area contributed by atoms with Crippen LogP contribution in [0.1, 0.15) is 10.4 Å². The number of para-hydroxylation sites is 1. The van der Waals surface area contributed by atoms with E-state index in [0.717, 1.165) is 0 Å². The Kier molecular flexibility index (Phi) is 4.63. The molecule has 2 aromatic carbocycles. The molecule has 0 radical (unpaired) electrons. The van der Waals surface area contributed by atoms with Crippen LogP contribution < -0.4 is 9.80 Å². The molecule has 0 aliphatic heterocycles. The molecule has 0 bridgehead atoms. The van der Waals surface area contributed by atoms with Gasteiger partial charge in [-0.1, -0.05) is 12.1 Å². The lowest BCUT2D eigenvalue weighted by molar-refractivity contribution is -0.382. The molecule has 1 heterocycles. The van der Waals surface area contributed by atoms with Crippen LogP contribution >= 0.6 is 0 Å². The van der Waals surface area contributed by atoms with Crippen LogP contribution in [-0.4, -0.2) is 49.5 Å². The fourth-order valence-corrected chi connectivity index (χ4v) is 2.85.